The van der Waals surface area contributed by atoms with E-state index in [1.54, 1.807) is 31.4 Å². The van der Waals surface area contributed by atoms with Gasteiger partial charge in [0.25, 0.3) is 0 Å². The Morgan fingerprint density at radius 3 is 2.57 bits per heavy atom. The number of ether oxygens (including phenoxy) is 1. The number of nitrogens with zero attached hydrogens (tertiary/aromatic N) is 1. The van der Waals surface area contributed by atoms with Crippen molar-refractivity contribution in [1.82, 2.24) is 0 Å². The van der Waals surface area contributed by atoms with E-state index in [0.717, 1.165) is 5.56 Å². The third-order valence-corrected chi connectivity index (χ3v) is 4.25. The highest BCUT2D eigenvalue weighted by molar-refractivity contribution is 6.32. The second-order valence-corrected chi connectivity index (χ2v) is 5.88. The molecule has 3 rings (SSSR count). The minimum atomic E-state index is -0.354. The number of rotatable bonds is 4. The molecule has 0 spiro atoms. The summed E-state index contributed by atoms with van der Waals surface area (Å²) in [6.07, 6.45) is 0.703. The summed E-state index contributed by atoms with van der Waals surface area (Å²) in [6, 6.07) is 14.4. The molecule has 2 aromatic rings. The van der Waals surface area contributed by atoms with Crippen LogP contribution in [-0.4, -0.2) is 18.9 Å². The van der Waals surface area contributed by atoms with Crippen molar-refractivity contribution in [3.05, 3.63) is 59.1 Å². The fourth-order valence-corrected chi connectivity index (χ4v) is 3.10. The van der Waals surface area contributed by atoms with E-state index in [1.807, 2.05) is 24.3 Å². The van der Waals surface area contributed by atoms with Gasteiger partial charge in [-0.1, -0.05) is 35.9 Å². The lowest BCUT2D eigenvalue weighted by Gasteiger charge is -2.15. The lowest BCUT2D eigenvalue weighted by Crippen LogP contribution is -2.30. The van der Waals surface area contributed by atoms with Crippen LogP contribution in [-0.2, 0) is 16.0 Å². The van der Waals surface area contributed by atoms with Gasteiger partial charge >= 0.3 is 0 Å². The van der Waals surface area contributed by atoms with Crippen LogP contribution < -0.4 is 9.64 Å². The smallest absolute Gasteiger partial charge is 0.237 e. The monoisotopic (exact) mass is 329 g/mol. The molecule has 0 saturated carbocycles. The number of benzene rings is 2. The highest BCUT2D eigenvalue weighted by atomic mass is 35.5. The molecule has 0 aromatic heterocycles. The Hall–Kier alpha value is -2.33. The zero-order chi connectivity index (χ0) is 16.4. The van der Waals surface area contributed by atoms with Crippen molar-refractivity contribution < 1.29 is 14.3 Å². The van der Waals surface area contributed by atoms with E-state index >= 15 is 0 Å². The highest BCUT2D eigenvalue weighted by Crippen LogP contribution is 2.31. The van der Waals surface area contributed by atoms with Crippen LogP contribution >= 0.6 is 11.6 Å². The Labute approximate surface area is 139 Å². The predicted molar refractivity (Wildman–Crippen MR) is 88.8 cm³/mol. The number of imide groups is 1. The zero-order valence-electron chi connectivity index (χ0n) is 12.7. The number of anilines is 1. The minimum Gasteiger partial charge on any atom is -0.495 e. The molecule has 0 radical (unpaired) electrons. The van der Waals surface area contributed by atoms with Crippen molar-refractivity contribution >= 4 is 29.1 Å². The predicted octanol–water partition coefficient (Wildman–Crippen LogP) is 3.47. The summed E-state index contributed by atoms with van der Waals surface area (Å²) < 4.78 is 5.12. The molecule has 1 saturated heterocycles. The number of methoxy groups -OCH3 is 1. The van der Waals surface area contributed by atoms with Gasteiger partial charge in [0, 0.05) is 6.42 Å². The normalized spacial score (nSPS) is 17.7. The summed E-state index contributed by atoms with van der Waals surface area (Å²) in [7, 11) is 1.55. The number of halogens is 1. The molecular weight excluding hydrogens is 314 g/mol. The van der Waals surface area contributed by atoms with E-state index in [1.165, 1.54) is 4.90 Å². The van der Waals surface area contributed by atoms with Gasteiger partial charge in [-0.25, -0.2) is 0 Å². The average Bonchev–Trinajstić information content (AvgIpc) is 2.82. The van der Waals surface area contributed by atoms with Crippen molar-refractivity contribution in [3.8, 4) is 5.75 Å². The molecule has 2 amide bonds. The van der Waals surface area contributed by atoms with Crippen LogP contribution in [0.25, 0.3) is 0 Å². The van der Waals surface area contributed by atoms with Gasteiger partial charge in [0.15, 0.2) is 0 Å². The largest absolute Gasteiger partial charge is 0.495 e. The maximum atomic E-state index is 12.6. The van der Waals surface area contributed by atoms with Crippen molar-refractivity contribution in [2.45, 2.75) is 12.8 Å². The molecule has 1 aliphatic rings. The summed E-state index contributed by atoms with van der Waals surface area (Å²) in [5.74, 6) is -0.0822. The summed E-state index contributed by atoms with van der Waals surface area (Å²) in [4.78, 5) is 26.1. The Bertz CT molecular complexity index is 745. The molecule has 0 bridgehead atoms. The number of hydrogen-bond acceptors (Lipinski definition) is 3. The molecule has 0 N–H and O–H groups in total. The molecule has 5 heteroatoms. The molecule has 2 aromatic carbocycles. The van der Waals surface area contributed by atoms with E-state index in [2.05, 4.69) is 0 Å². The molecule has 1 aliphatic heterocycles. The van der Waals surface area contributed by atoms with Gasteiger partial charge in [-0.15, -0.1) is 0 Å². The van der Waals surface area contributed by atoms with E-state index < -0.39 is 0 Å². The standard InChI is InChI=1S/C18H16ClNO3/c1-23-16-8-7-12(10-15(16)19)9-13-11-17(21)20(18(13)22)14-5-3-2-4-6-14/h2-8,10,13H,9,11H2,1H3. The summed E-state index contributed by atoms with van der Waals surface area (Å²) >= 11 is 6.12. The molecule has 1 fully saturated rings. The summed E-state index contributed by atoms with van der Waals surface area (Å²) in [5, 5.41) is 0.502. The first-order valence-corrected chi connectivity index (χ1v) is 7.72. The third kappa shape index (κ3) is 3.08. The quantitative estimate of drug-likeness (QED) is 0.807. The van der Waals surface area contributed by atoms with Crippen LogP contribution in [0.5, 0.6) is 5.75 Å². The summed E-state index contributed by atoms with van der Waals surface area (Å²) in [5.41, 5.74) is 1.54. The lowest BCUT2D eigenvalue weighted by atomic mass is 9.98. The average molecular weight is 330 g/mol. The maximum absolute atomic E-state index is 12.6. The van der Waals surface area contributed by atoms with Crippen molar-refractivity contribution in [3.63, 3.8) is 0 Å². The topological polar surface area (TPSA) is 46.6 Å². The Kier molecular flexibility index (Phi) is 4.35. The SMILES string of the molecule is COc1ccc(CC2CC(=O)N(c3ccccc3)C2=O)cc1Cl. The van der Waals surface area contributed by atoms with Crippen LogP contribution in [0.4, 0.5) is 5.69 Å². The first kappa shape index (κ1) is 15.6. The van der Waals surface area contributed by atoms with E-state index in [0.29, 0.717) is 22.9 Å². The minimum absolute atomic E-state index is 0.159. The van der Waals surface area contributed by atoms with E-state index in [-0.39, 0.29) is 24.2 Å². The fraction of sp³-hybridized carbons (Fsp3) is 0.222. The molecule has 23 heavy (non-hydrogen) atoms. The first-order chi connectivity index (χ1) is 11.1. The van der Waals surface area contributed by atoms with E-state index in [4.69, 9.17) is 16.3 Å². The van der Waals surface area contributed by atoms with Crippen molar-refractivity contribution in [2.75, 3.05) is 12.0 Å². The van der Waals surface area contributed by atoms with Crippen LogP contribution in [0, 0.1) is 5.92 Å². The molecule has 0 aliphatic carbocycles. The molecule has 118 valence electrons. The van der Waals surface area contributed by atoms with Crippen LogP contribution in [0.2, 0.25) is 5.02 Å². The molecular formula is C18H16ClNO3. The van der Waals surface area contributed by atoms with Gasteiger partial charge in [0.05, 0.1) is 23.7 Å². The highest BCUT2D eigenvalue weighted by Gasteiger charge is 2.39. The number of hydrogen-bond donors (Lipinski definition) is 0. The van der Waals surface area contributed by atoms with Crippen molar-refractivity contribution in [2.24, 2.45) is 5.92 Å². The number of carbonyl (C=O) groups is 2. The maximum Gasteiger partial charge on any atom is 0.237 e. The van der Waals surface area contributed by atoms with Gasteiger partial charge in [0.2, 0.25) is 11.8 Å². The lowest BCUT2D eigenvalue weighted by molar-refractivity contribution is -0.122. The fourth-order valence-electron chi connectivity index (χ4n) is 2.82. The zero-order valence-corrected chi connectivity index (χ0v) is 13.4. The summed E-state index contributed by atoms with van der Waals surface area (Å²) in [6.45, 7) is 0. The van der Waals surface area contributed by atoms with Crippen LogP contribution in [0.3, 0.4) is 0 Å². The molecule has 4 nitrogen and oxygen atoms in total. The third-order valence-electron chi connectivity index (χ3n) is 3.95. The van der Waals surface area contributed by atoms with Gasteiger partial charge in [-0.2, -0.15) is 0 Å². The molecule has 1 heterocycles. The van der Waals surface area contributed by atoms with Crippen LogP contribution in [0.15, 0.2) is 48.5 Å². The second-order valence-electron chi connectivity index (χ2n) is 5.48. The Morgan fingerprint density at radius 2 is 1.91 bits per heavy atom. The molecule has 1 unspecified atom stereocenters. The van der Waals surface area contributed by atoms with Gasteiger partial charge in [-0.3, -0.25) is 14.5 Å². The van der Waals surface area contributed by atoms with Crippen molar-refractivity contribution in [1.29, 1.82) is 0 Å². The Morgan fingerprint density at radius 1 is 1.17 bits per heavy atom. The second kappa shape index (κ2) is 6.42. The van der Waals surface area contributed by atoms with Gasteiger partial charge in [0.1, 0.15) is 5.75 Å². The number of carbonyl (C=O) groups excluding carboxylic acids is 2. The van der Waals surface area contributed by atoms with Crippen LogP contribution in [0.1, 0.15) is 12.0 Å². The Balaban J connectivity index is 1.79. The van der Waals surface area contributed by atoms with E-state index in [9.17, 15) is 9.59 Å². The van der Waals surface area contributed by atoms with Gasteiger partial charge < -0.3 is 4.74 Å². The van der Waals surface area contributed by atoms with Gasteiger partial charge in [-0.05, 0) is 36.2 Å². The first-order valence-electron chi connectivity index (χ1n) is 7.34. The molecule has 1 atom stereocenters. The number of amides is 2. The number of para-hydroxylation sites is 1.